The summed E-state index contributed by atoms with van der Waals surface area (Å²) in [6.45, 7) is 7.77. The van der Waals surface area contributed by atoms with Crippen LogP contribution in [-0.4, -0.2) is 38.1 Å². The highest BCUT2D eigenvalue weighted by molar-refractivity contribution is 5.89. The van der Waals surface area contributed by atoms with Crippen LogP contribution in [0.4, 0.5) is 0 Å². The standard InChI is InChI=1S/C17H26N2O4/c1-12(19-16(21)17(2,3)4)15(20)18-10-11-23-14-8-6-13(22-5)7-9-14/h6-9,12H,10-11H2,1-5H3,(H,18,20)(H,19,21). The van der Waals surface area contributed by atoms with E-state index in [1.807, 2.05) is 0 Å². The molecule has 6 heteroatoms. The topological polar surface area (TPSA) is 76.7 Å². The summed E-state index contributed by atoms with van der Waals surface area (Å²) >= 11 is 0. The van der Waals surface area contributed by atoms with Crippen LogP contribution in [0.15, 0.2) is 24.3 Å². The van der Waals surface area contributed by atoms with Crippen molar-refractivity contribution in [2.24, 2.45) is 5.41 Å². The van der Waals surface area contributed by atoms with Crippen molar-refractivity contribution in [2.45, 2.75) is 33.7 Å². The second-order valence-corrected chi connectivity index (χ2v) is 6.26. The van der Waals surface area contributed by atoms with Gasteiger partial charge in [0.25, 0.3) is 0 Å². The first-order valence-corrected chi connectivity index (χ1v) is 7.59. The van der Waals surface area contributed by atoms with Gasteiger partial charge in [0.1, 0.15) is 24.1 Å². The van der Waals surface area contributed by atoms with E-state index in [1.165, 1.54) is 0 Å². The minimum Gasteiger partial charge on any atom is -0.497 e. The molecule has 0 aliphatic heterocycles. The van der Waals surface area contributed by atoms with E-state index < -0.39 is 11.5 Å². The van der Waals surface area contributed by atoms with Crippen LogP contribution in [0.2, 0.25) is 0 Å². The molecule has 0 aromatic heterocycles. The van der Waals surface area contributed by atoms with Crippen LogP contribution in [0.3, 0.4) is 0 Å². The Bertz CT molecular complexity index is 520. The highest BCUT2D eigenvalue weighted by Crippen LogP contribution is 2.16. The van der Waals surface area contributed by atoms with E-state index in [4.69, 9.17) is 9.47 Å². The molecule has 0 aliphatic rings. The van der Waals surface area contributed by atoms with Gasteiger partial charge in [-0.15, -0.1) is 0 Å². The fourth-order valence-corrected chi connectivity index (χ4v) is 1.65. The lowest BCUT2D eigenvalue weighted by Gasteiger charge is -2.21. The van der Waals surface area contributed by atoms with Crippen LogP contribution >= 0.6 is 0 Å². The molecule has 0 heterocycles. The summed E-state index contributed by atoms with van der Waals surface area (Å²) in [5, 5.41) is 5.41. The Morgan fingerprint density at radius 3 is 2.22 bits per heavy atom. The second-order valence-electron chi connectivity index (χ2n) is 6.26. The van der Waals surface area contributed by atoms with Crippen molar-refractivity contribution >= 4 is 11.8 Å². The number of carbonyl (C=O) groups is 2. The zero-order valence-electron chi connectivity index (χ0n) is 14.4. The normalized spacial score (nSPS) is 12.2. The largest absolute Gasteiger partial charge is 0.497 e. The van der Waals surface area contributed by atoms with Gasteiger partial charge in [0.05, 0.1) is 13.7 Å². The van der Waals surface area contributed by atoms with Gasteiger partial charge in [-0.25, -0.2) is 0 Å². The highest BCUT2D eigenvalue weighted by Gasteiger charge is 2.24. The number of carbonyl (C=O) groups excluding carboxylic acids is 2. The SMILES string of the molecule is COc1ccc(OCCNC(=O)C(C)NC(=O)C(C)(C)C)cc1. The molecule has 1 unspecified atom stereocenters. The molecular formula is C17H26N2O4. The lowest BCUT2D eigenvalue weighted by Crippen LogP contribution is -2.48. The molecule has 128 valence electrons. The van der Waals surface area contributed by atoms with Gasteiger partial charge in [-0.1, -0.05) is 20.8 Å². The van der Waals surface area contributed by atoms with Crippen molar-refractivity contribution in [3.05, 3.63) is 24.3 Å². The number of methoxy groups -OCH3 is 1. The molecule has 23 heavy (non-hydrogen) atoms. The number of rotatable bonds is 7. The zero-order valence-corrected chi connectivity index (χ0v) is 14.4. The molecule has 0 saturated heterocycles. The molecule has 0 bridgehead atoms. The first-order valence-electron chi connectivity index (χ1n) is 7.59. The Balaban J connectivity index is 2.29. The van der Waals surface area contributed by atoms with Crippen molar-refractivity contribution in [2.75, 3.05) is 20.3 Å². The van der Waals surface area contributed by atoms with Gasteiger partial charge in [0, 0.05) is 5.41 Å². The molecule has 0 saturated carbocycles. The maximum absolute atomic E-state index is 11.9. The summed E-state index contributed by atoms with van der Waals surface area (Å²) in [6, 6.07) is 6.62. The number of hydrogen-bond acceptors (Lipinski definition) is 4. The van der Waals surface area contributed by atoms with Gasteiger partial charge < -0.3 is 20.1 Å². The van der Waals surface area contributed by atoms with Crippen LogP contribution in [-0.2, 0) is 9.59 Å². The Hall–Kier alpha value is -2.24. The Morgan fingerprint density at radius 2 is 1.70 bits per heavy atom. The molecule has 2 N–H and O–H groups in total. The monoisotopic (exact) mass is 322 g/mol. The summed E-state index contributed by atoms with van der Waals surface area (Å²) in [7, 11) is 1.60. The summed E-state index contributed by atoms with van der Waals surface area (Å²) in [5.41, 5.74) is -0.522. The third kappa shape index (κ3) is 6.59. The summed E-state index contributed by atoms with van der Waals surface area (Å²) < 4.78 is 10.6. The third-order valence-electron chi connectivity index (χ3n) is 3.15. The average molecular weight is 322 g/mol. The summed E-state index contributed by atoms with van der Waals surface area (Å²) in [5.74, 6) is 1.07. The summed E-state index contributed by atoms with van der Waals surface area (Å²) in [4.78, 5) is 23.7. The molecule has 1 rings (SSSR count). The van der Waals surface area contributed by atoms with Gasteiger partial charge in [-0.3, -0.25) is 9.59 Å². The third-order valence-corrected chi connectivity index (χ3v) is 3.15. The van der Waals surface area contributed by atoms with Crippen LogP contribution in [0, 0.1) is 5.41 Å². The average Bonchev–Trinajstić information content (AvgIpc) is 2.50. The quantitative estimate of drug-likeness (QED) is 0.750. The fraction of sp³-hybridized carbons (Fsp3) is 0.529. The zero-order chi connectivity index (χ0) is 17.5. The molecule has 0 aliphatic carbocycles. The van der Waals surface area contributed by atoms with E-state index >= 15 is 0 Å². The van der Waals surface area contributed by atoms with Crippen LogP contribution < -0.4 is 20.1 Å². The Kier molecular flexibility index (Phi) is 6.88. The molecule has 1 atom stereocenters. The maximum Gasteiger partial charge on any atom is 0.242 e. The maximum atomic E-state index is 11.9. The van der Waals surface area contributed by atoms with Gasteiger partial charge in [-0.05, 0) is 31.2 Å². The second kappa shape index (κ2) is 8.41. The molecule has 1 aromatic rings. The molecule has 6 nitrogen and oxygen atoms in total. The van der Waals surface area contributed by atoms with Crippen molar-refractivity contribution < 1.29 is 19.1 Å². The number of ether oxygens (including phenoxy) is 2. The van der Waals surface area contributed by atoms with Crippen molar-refractivity contribution in [3.63, 3.8) is 0 Å². The highest BCUT2D eigenvalue weighted by atomic mass is 16.5. The van der Waals surface area contributed by atoms with Crippen molar-refractivity contribution in [1.29, 1.82) is 0 Å². The lowest BCUT2D eigenvalue weighted by atomic mass is 9.95. The molecule has 1 aromatic carbocycles. The Labute approximate surface area is 137 Å². The minimum atomic E-state index is -0.581. The Morgan fingerprint density at radius 1 is 1.13 bits per heavy atom. The van der Waals surface area contributed by atoms with E-state index in [-0.39, 0.29) is 11.8 Å². The number of hydrogen-bond donors (Lipinski definition) is 2. The van der Waals surface area contributed by atoms with Crippen molar-refractivity contribution in [3.8, 4) is 11.5 Å². The smallest absolute Gasteiger partial charge is 0.242 e. The van der Waals surface area contributed by atoms with E-state index in [1.54, 1.807) is 59.1 Å². The van der Waals surface area contributed by atoms with E-state index in [0.29, 0.717) is 18.9 Å². The van der Waals surface area contributed by atoms with Gasteiger partial charge in [0.15, 0.2) is 0 Å². The van der Waals surface area contributed by atoms with Gasteiger partial charge >= 0.3 is 0 Å². The first-order chi connectivity index (χ1) is 10.7. The van der Waals surface area contributed by atoms with Crippen molar-refractivity contribution in [1.82, 2.24) is 10.6 Å². The van der Waals surface area contributed by atoms with E-state index in [0.717, 1.165) is 5.75 Å². The number of nitrogens with one attached hydrogen (secondary N) is 2. The van der Waals surface area contributed by atoms with Crippen LogP contribution in [0.1, 0.15) is 27.7 Å². The number of benzene rings is 1. The van der Waals surface area contributed by atoms with Crippen LogP contribution in [0.25, 0.3) is 0 Å². The first kappa shape index (κ1) is 18.8. The van der Waals surface area contributed by atoms with Gasteiger partial charge in [0.2, 0.25) is 11.8 Å². The van der Waals surface area contributed by atoms with Gasteiger partial charge in [-0.2, -0.15) is 0 Å². The predicted octanol–water partition coefficient (Wildman–Crippen LogP) is 1.74. The fourth-order valence-electron chi connectivity index (χ4n) is 1.65. The number of amides is 2. The molecular weight excluding hydrogens is 296 g/mol. The van der Waals surface area contributed by atoms with E-state index in [9.17, 15) is 9.59 Å². The molecule has 2 amide bonds. The lowest BCUT2D eigenvalue weighted by molar-refractivity contribution is -0.133. The molecule has 0 fully saturated rings. The predicted molar refractivity (Wildman–Crippen MR) is 88.6 cm³/mol. The minimum absolute atomic E-state index is 0.158. The van der Waals surface area contributed by atoms with Crippen LogP contribution in [0.5, 0.6) is 11.5 Å². The molecule has 0 spiro atoms. The summed E-state index contributed by atoms with van der Waals surface area (Å²) in [6.07, 6.45) is 0. The van der Waals surface area contributed by atoms with E-state index in [2.05, 4.69) is 10.6 Å². The molecule has 0 radical (unpaired) electrons.